The topological polar surface area (TPSA) is 127 Å². The second-order valence-electron chi connectivity index (χ2n) is 9.16. The van der Waals surface area contributed by atoms with E-state index in [1.165, 1.54) is 35.5 Å². The summed E-state index contributed by atoms with van der Waals surface area (Å²) in [5.74, 6) is -0.873. The van der Waals surface area contributed by atoms with E-state index >= 15 is 4.39 Å². The van der Waals surface area contributed by atoms with Crippen LogP contribution >= 0.6 is 11.6 Å². The summed E-state index contributed by atoms with van der Waals surface area (Å²) in [6.07, 6.45) is 8.62. The Labute approximate surface area is 219 Å². The fourth-order valence-electron chi connectivity index (χ4n) is 4.52. The molecule has 0 radical (unpaired) electrons. The third-order valence-corrected chi connectivity index (χ3v) is 6.89. The van der Waals surface area contributed by atoms with Crippen LogP contribution in [0.25, 0.3) is 27.9 Å². The van der Waals surface area contributed by atoms with Crippen molar-refractivity contribution in [3.63, 3.8) is 0 Å². The third kappa shape index (κ3) is 4.43. The average molecular weight is 536 g/mol. The highest BCUT2D eigenvalue weighted by molar-refractivity contribution is 6.31. The summed E-state index contributed by atoms with van der Waals surface area (Å²) >= 11 is 6.06. The normalized spacial score (nSPS) is 14.1. The number of hydrogen-bond donors (Lipinski definition) is 1. The zero-order valence-electron chi connectivity index (χ0n) is 19.7. The van der Waals surface area contributed by atoms with Crippen molar-refractivity contribution in [3.05, 3.63) is 89.0 Å². The molecule has 0 amide bonds. The number of halogens is 3. The Morgan fingerprint density at radius 3 is 2.68 bits per heavy atom. The van der Waals surface area contributed by atoms with E-state index in [2.05, 4.69) is 25.6 Å². The van der Waals surface area contributed by atoms with Crippen LogP contribution in [0.3, 0.4) is 0 Å². The maximum Gasteiger partial charge on any atom is 0.222 e. The maximum absolute atomic E-state index is 15.2. The van der Waals surface area contributed by atoms with Gasteiger partial charge in [0.2, 0.25) is 11.6 Å². The van der Waals surface area contributed by atoms with Crippen LogP contribution in [0.2, 0.25) is 5.02 Å². The second kappa shape index (κ2) is 9.45. The van der Waals surface area contributed by atoms with E-state index in [4.69, 9.17) is 17.3 Å². The Balaban J connectivity index is 1.40. The van der Waals surface area contributed by atoms with Gasteiger partial charge in [-0.1, -0.05) is 24.4 Å². The van der Waals surface area contributed by atoms with Crippen LogP contribution in [0.4, 0.5) is 14.6 Å². The molecule has 6 rings (SSSR count). The van der Waals surface area contributed by atoms with Gasteiger partial charge in [-0.2, -0.15) is 18.9 Å². The zero-order valence-corrected chi connectivity index (χ0v) is 20.5. The van der Waals surface area contributed by atoms with E-state index in [-0.39, 0.29) is 22.0 Å². The van der Waals surface area contributed by atoms with Gasteiger partial charge in [0.25, 0.3) is 0 Å². The van der Waals surface area contributed by atoms with E-state index in [1.807, 2.05) is 0 Å². The smallest absolute Gasteiger partial charge is 0.222 e. The quantitative estimate of drug-likeness (QED) is 0.188. The Hall–Kier alpha value is -4.45. The minimum absolute atomic E-state index is 0.0807. The van der Waals surface area contributed by atoms with Crippen molar-refractivity contribution in [2.45, 2.75) is 25.3 Å². The molecule has 1 aliphatic rings. The molecule has 2 N–H and O–H groups in total. The lowest BCUT2D eigenvalue weighted by atomic mass is 10.0. The van der Waals surface area contributed by atoms with Crippen molar-refractivity contribution < 1.29 is 13.5 Å². The summed E-state index contributed by atoms with van der Waals surface area (Å²) in [6, 6.07) is 8.91. The molecule has 1 saturated carbocycles. The van der Waals surface area contributed by atoms with Gasteiger partial charge in [0.15, 0.2) is 12.0 Å². The molecule has 0 saturated heterocycles. The molecule has 5 aromatic rings. The monoisotopic (exact) mass is 535 g/mol. The van der Waals surface area contributed by atoms with Crippen molar-refractivity contribution in [1.82, 2.24) is 35.0 Å². The predicted octanol–water partition coefficient (Wildman–Crippen LogP) is 4.12. The molecule has 0 bridgehead atoms. The molecule has 13 heteroatoms. The van der Waals surface area contributed by atoms with Crippen LogP contribution in [0, 0.1) is 22.9 Å². The number of nitrogens with zero attached hydrogens (tertiary/aromatic N) is 8. The van der Waals surface area contributed by atoms with Crippen molar-refractivity contribution in [2.75, 3.05) is 5.73 Å². The minimum Gasteiger partial charge on any atom is -0.618 e. The molecule has 4 heterocycles. The lowest BCUT2D eigenvalue weighted by molar-refractivity contribution is -0.615. The first-order valence-electron chi connectivity index (χ1n) is 11.8. The Morgan fingerprint density at radius 2 is 1.97 bits per heavy atom. The standard InChI is InChI=1S/C25H20ClF2N9O/c26-18-5-7-20(36-13-30-33-34-36)23(24(18)27)15-3-6-19(37(38)12-15)21(9-14-1-2-14)35-11-16(10-31-35)17-4-8-22(29)32-25(17)28/h3-8,10-14,21H,1-2,9H2,(H2,29,32)/t21-/m0/s1. The molecule has 10 nitrogen and oxygen atoms in total. The molecule has 192 valence electrons. The maximum atomic E-state index is 15.2. The molecule has 1 atom stereocenters. The number of pyridine rings is 2. The molecule has 0 unspecified atom stereocenters. The van der Waals surface area contributed by atoms with Crippen LogP contribution < -0.4 is 10.5 Å². The van der Waals surface area contributed by atoms with Gasteiger partial charge >= 0.3 is 0 Å². The number of anilines is 1. The van der Waals surface area contributed by atoms with Crippen LogP contribution in [0.5, 0.6) is 0 Å². The SMILES string of the molecule is Nc1ccc(-c2cnn([C@@H](CC3CC3)c3ccc(-c4c(-n5cnnn5)ccc(Cl)c4F)c[n+]3[O-])c2)c(F)n1. The summed E-state index contributed by atoms with van der Waals surface area (Å²) in [5, 5.41) is 28.8. The van der Waals surface area contributed by atoms with E-state index in [1.54, 1.807) is 35.1 Å². The van der Waals surface area contributed by atoms with Crippen LogP contribution in [-0.2, 0) is 0 Å². The highest BCUT2D eigenvalue weighted by atomic mass is 35.5. The van der Waals surface area contributed by atoms with E-state index in [9.17, 15) is 9.60 Å². The van der Waals surface area contributed by atoms with Gasteiger partial charge in [-0.05, 0) is 53.1 Å². The van der Waals surface area contributed by atoms with Gasteiger partial charge in [0, 0.05) is 23.4 Å². The van der Waals surface area contributed by atoms with Gasteiger partial charge in [-0.3, -0.25) is 4.68 Å². The summed E-state index contributed by atoms with van der Waals surface area (Å²) in [7, 11) is 0. The summed E-state index contributed by atoms with van der Waals surface area (Å²) in [6.45, 7) is 0. The minimum atomic E-state index is -0.700. The van der Waals surface area contributed by atoms with Crippen molar-refractivity contribution >= 4 is 17.4 Å². The average Bonchev–Trinajstić information content (AvgIpc) is 3.33. The highest BCUT2D eigenvalue weighted by Gasteiger charge is 2.32. The number of benzene rings is 1. The van der Waals surface area contributed by atoms with Gasteiger partial charge in [-0.15, -0.1) is 5.10 Å². The van der Waals surface area contributed by atoms with Gasteiger partial charge in [-0.25, -0.2) is 9.37 Å². The molecule has 0 aliphatic heterocycles. The zero-order chi connectivity index (χ0) is 26.4. The molecule has 4 aromatic heterocycles. The summed E-state index contributed by atoms with van der Waals surface area (Å²) in [4.78, 5) is 3.68. The lowest BCUT2D eigenvalue weighted by Gasteiger charge is -2.18. The molecule has 1 aromatic carbocycles. The van der Waals surface area contributed by atoms with Crippen molar-refractivity contribution in [1.29, 1.82) is 0 Å². The first-order chi connectivity index (χ1) is 18.4. The lowest BCUT2D eigenvalue weighted by Crippen LogP contribution is -2.35. The van der Waals surface area contributed by atoms with Crippen LogP contribution in [-0.4, -0.2) is 35.0 Å². The number of hydrogen-bond acceptors (Lipinski definition) is 7. The molecular weight excluding hydrogens is 516 g/mol. The largest absolute Gasteiger partial charge is 0.618 e. The number of aromatic nitrogens is 8. The Morgan fingerprint density at radius 1 is 1.13 bits per heavy atom. The fraction of sp³-hybridized carbons (Fsp3) is 0.200. The second-order valence-corrected chi connectivity index (χ2v) is 9.56. The van der Waals surface area contributed by atoms with Gasteiger partial charge in [0.1, 0.15) is 18.2 Å². The third-order valence-electron chi connectivity index (χ3n) is 6.60. The molecule has 38 heavy (non-hydrogen) atoms. The van der Waals surface area contributed by atoms with Gasteiger partial charge in [0.05, 0.1) is 28.0 Å². The molecule has 0 spiro atoms. The number of nitrogens with two attached hydrogens (primary N) is 1. The van der Waals surface area contributed by atoms with Crippen molar-refractivity contribution in [3.8, 4) is 27.9 Å². The molecule has 1 aliphatic carbocycles. The van der Waals surface area contributed by atoms with Crippen LogP contribution in [0.15, 0.2) is 61.3 Å². The molecule has 1 fully saturated rings. The summed E-state index contributed by atoms with van der Waals surface area (Å²) < 4.78 is 33.3. The summed E-state index contributed by atoms with van der Waals surface area (Å²) in [5.41, 5.74) is 7.47. The van der Waals surface area contributed by atoms with E-state index in [0.717, 1.165) is 12.8 Å². The first-order valence-corrected chi connectivity index (χ1v) is 12.2. The Bertz CT molecular complexity index is 1640. The Kier molecular flexibility index (Phi) is 5.95. The van der Waals surface area contributed by atoms with Gasteiger partial charge < -0.3 is 10.9 Å². The van der Waals surface area contributed by atoms with Crippen molar-refractivity contribution in [2.24, 2.45) is 5.92 Å². The van der Waals surface area contributed by atoms with Crippen LogP contribution in [0.1, 0.15) is 31.0 Å². The molecular formula is C25H20ClF2N9O. The fourth-order valence-corrected chi connectivity index (χ4v) is 4.68. The first kappa shape index (κ1) is 23.9. The number of nitrogen functional groups attached to an aromatic ring is 1. The highest BCUT2D eigenvalue weighted by Crippen LogP contribution is 2.39. The predicted molar refractivity (Wildman–Crippen MR) is 134 cm³/mol. The number of rotatable bonds is 7. The number of tetrazole rings is 1. The van der Waals surface area contributed by atoms with E-state index in [0.29, 0.717) is 39.6 Å². The van der Waals surface area contributed by atoms with E-state index < -0.39 is 17.8 Å².